The Balaban J connectivity index is 2.41. The minimum absolute atomic E-state index is 0.0726. The van der Waals surface area contributed by atoms with Crippen LogP contribution >= 0.6 is 11.6 Å². The molecule has 4 heteroatoms. The summed E-state index contributed by atoms with van der Waals surface area (Å²) in [6, 6.07) is 7.11. The fraction of sp³-hybridized carbons (Fsp3) is 0.364. The fourth-order valence-electron chi connectivity index (χ4n) is 1.17. The van der Waals surface area contributed by atoms with Gasteiger partial charge in [-0.25, -0.2) is 0 Å². The normalized spacial score (nSPS) is 10.0. The topological polar surface area (TPSA) is 49.3 Å². The Morgan fingerprint density at radius 1 is 1.33 bits per heavy atom. The first-order valence-electron chi connectivity index (χ1n) is 4.89. The van der Waals surface area contributed by atoms with Crippen molar-refractivity contribution in [3.8, 4) is 0 Å². The smallest absolute Gasteiger partial charge is 0.224 e. The standard InChI is InChI=1S/C11H14ClNO2/c12-9-5-1-2-6-10(9)13-11(15)7-3-4-8-14/h1-2,5-6,14H,3-4,7-8H2,(H,13,15). The highest BCUT2D eigenvalue weighted by molar-refractivity contribution is 6.33. The van der Waals surface area contributed by atoms with E-state index in [0.717, 1.165) is 0 Å². The largest absolute Gasteiger partial charge is 0.396 e. The van der Waals surface area contributed by atoms with E-state index in [2.05, 4.69) is 5.32 Å². The van der Waals surface area contributed by atoms with Crippen LogP contribution in [0.2, 0.25) is 5.02 Å². The van der Waals surface area contributed by atoms with Gasteiger partial charge in [0.25, 0.3) is 0 Å². The maximum atomic E-state index is 11.4. The number of amides is 1. The lowest BCUT2D eigenvalue weighted by Gasteiger charge is -2.06. The third kappa shape index (κ3) is 4.32. The first-order valence-corrected chi connectivity index (χ1v) is 5.27. The average molecular weight is 228 g/mol. The van der Waals surface area contributed by atoms with Gasteiger partial charge in [-0.05, 0) is 25.0 Å². The van der Waals surface area contributed by atoms with E-state index in [1.165, 1.54) is 0 Å². The summed E-state index contributed by atoms with van der Waals surface area (Å²) in [7, 11) is 0. The molecule has 0 aliphatic carbocycles. The lowest BCUT2D eigenvalue weighted by Crippen LogP contribution is -2.11. The maximum absolute atomic E-state index is 11.4. The Morgan fingerprint density at radius 2 is 2.07 bits per heavy atom. The second-order valence-electron chi connectivity index (χ2n) is 3.21. The van der Waals surface area contributed by atoms with E-state index < -0.39 is 0 Å². The van der Waals surface area contributed by atoms with Crippen molar-refractivity contribution >= 4 is 23.2 Å². The number of halogens is 1. The van der Waals surface area contributed by atoms with Gasteiger partial charge in [-0.2, -0.15) is 0 Å². The summed E-state index contributed by atoms with van der Waals surface area (Å²) in [5.74, 6) is -0.0726. The molecular weight excluding hydrogens is 214 g/mol. The summed E-state index contributed by atoms with van der Waals surface area (Å²) in [5.41, 5.74) is 0.633. The quantitative estimate of drug-likeness (QED) is 0.760. The number of hydrogen-bond donors (Lipinski definition) is 2. The highest BCUT2D eigenvalue weighted by atomic mass is 35.5. The number of carbonyl (C=O) groups excluding carboxylic acids is 1. The molecule has 1 rings (SSSR count). The summed E-state index contributed by atoms with van der Waals surface area (Å²) >= 11 is 5.87. The van der Waals surface area contributed by atoms with Crippen LogP contribution in [0.3, 0.4) is 0 Å². The highest BCUT2D eigenvalue weighted by Gasteiger charge is 2.04. The average Bonchev–Trinajstić information content (AvgIpc) is 2.22. The van der Waals surface area contributed by atoms with Crippen molar-refractivity contribution in [1.29, 1.82) is 0 Å². The molecule has 0 saturated heterocycles. The Labute approximate surface area is 94.1 Å². The van der Waals surface area contributed by atoms with Gasteiger partial charge in [0, 0.05) is 13.0 Å². The highest BCUT2D eigenvalue weighted by Crippen LogP contribution is 2.20. The van der Waals surface area contributed by atoms with Crippen molar-refractivity contribution in [2.24, 2.45) is 0 Å². The number of unbranched alkanes of at least 4 members (excludes halogenated alkanes) is 1. The third-order valence-corrected chi connectivity index (χ3v) is 2.29. The van der Waals surface area contributed by atoms with Crippen molar-refractivity contribution in [2.75, 3.05) is 11.9 Å². The van der Waals surface area contributed by atoms with Crippen LogP contribution in [-0.4, -0.2) is 17.6 Å². The number of rotatable bonds is 5. The molecule has 0 saturated carbocycles. The molecule has 0 atom stereocenters. The summed E-state index contributed by atoms with van der Waals surface area (Å²) in [6.45, 7) is 0.124. The number of anilines is 1. The minimum Gasteiger partial charge on any atom is -0.396 e. The molecule has 2 N–H and O–H groups in total. The predicted molar refractivity (Wildman–Crippen MR) is 61.0 cm³/mol. The predicted octanol–water partition coefficient (Wildman–Crippen LogP) is 2.44. The third-order valence-electron chi connectivity index (χ3n) is 1.96. The number of carbonyl (C=O) groups is 1. The zero-order valence-electron chi connectivity index (χ0n) is 8.37. The van der Waals surface area contributed by atoms with Gasteiger partial charge >= 0.3 is 0 Å². The number of nitrogens with one attached hydrogen (secondary N) is 1. The van der Waals surface area contributed by atoms with Crippen molar-refractivity contribution in [3.63, 3.8) is 0 Å². The molecule has 1 amide bonds. The Kier molecular flexibility index (Phi) is 5.15. The summed E-state index contributed by atoms with van der Waals surface area (Å²) < 4.78 is 0. The van der Waals surface area contributed by atoms with Gasteiger partial charge in [-0.15, -0.1) is 0 Å². The Bertz CT molecular complexity index is 328. The zero-order valence-corrected chi connectivity index (χ0v) is 9.13. The first kappa shape index (κ1) is 12.0. The molecule has 0 fully saturated rings. The van der Waals surface area contributed by atoms with Gasteiger partial charge in [-0.3, -0.25) is 4.79 Å². The van der Waals surface area contributed by atoms with E-state index in [0.29, 0.717) is 30.0 Å². The van der Waals surface area contributed by atoms with E-state index in [1.807, 2.05) is 12.1 Å². The maximum Gasteiger partial charge on any atom is 0.224 e. The van der Waals surface area contributed by atoms with Crippen LogP contribution < -0.4 is 5.32 Å². The van der Waals surface area contributed by atoms with E-state index in [1.54, 1.807) is 12.1 Å². The minimum atomic E-state index is -0.0726. The zero-order chi connectivity index (χ0) is 11.1. The number of aliphatic hydroxyl groups excluding tert-OH is 1. The number of aliphatic hydroxyl groups is 1. The molecule has 0 bridgehead atoms. The molecule has 0 unspecified atom stereocenters. The van der Waals surface area contributed by atoms with Gasteiger partial charge in [0.1, 0.15) is 0 Å². The van der Waals surface area contributed by atoms with Gasteiger partial charge in [0.15, 0.2) is 0 Å². The molecule has 15 heavy (non-hydrogen) atoms. The molecule has 0 spiro atoms. The van der Waals surface area contributed by atoms with Crippen LogP contribution in [0.1, 0.15) is 19.3 Å². The second kappa shape index (κ2) is 6.43. The van der Waals surface area contributed by atoms with Gasteiger partial charge in [0.2, 0.25) is 5.91 Å². The van der Waals surface area contributed by atoms with Crippen LogP contribution in [0.4, 0.5) is 5.69 Å². The van der Waals surface area contributed by atoms with Crippen LogP contribution in [0, 0.1) is 0 Å². The molecule has 0 aliphatic rings. The fourth-order valence-corrected chi connectivity index (χ4v) is 1.36. The SMILES string of the molecule is O=C(CCCCO)Nc1ccccc1Cl. The molecule has 3 nitrogen and oxygen atoms in total. The first-order chi connectivity index (χ1) is 7.24. The molecule has 0 aromatic heterocycles. The van der Waals surface area contributed by atoms with Gasteiger partial charge < -0.3 is 10.4 Å². The lowest BCUT2D eigenvalue weighted by molar-refractivity contribution is -0.116. The lowest BCUT2D eigenvalue weighted by atomic mass is 10.2. The van der Waals surface area contributed by atoms with Crippen molar-refractivity contribution in [2.45, 2.75) is 19.3 Å². The van der Waals surface area contributed by atoms with Crippen LogP contribution in [0.25, 0.3) is 0 Å². The van der Waals surface area contributed by atoms with E-state index in [4.69, 9.17) is 16.7 Å². The van der Waals surface area contributed by atoms with Crippen LogP contribution in [0.5, 0.6) is 0 Å². The molecule has 1 aromatic carbocycles. The summed E-state index contributed by atoms with van der Waals surface area (Å²) in [6.07, 6.45) is 1.74. The molecular formula is C11H14ClNO2. The summed E-state index contributed by atoms with van der Waals surface area (Å²) in [4.78, 5) is 11.4. The Morgan fingerprint density at radius 3 is 2.73 bits per heavy atom. The van der Waals surface area contributed by atoms with Crippen LogP contribution in [-0.2, 0) is 4.79 Å². The van der Waals surface area contributed by atoms with Gasteiger partial charge in [0.05, 0.1) is 10.7 Å². The summed E-state index contributed by atoms with van der Waals surface area (Å²) in [5, 5.41) is 11.8. The Hall–Kier alpha value is -1.06. The number of para-hydroxylation sites is 1. The van der Waals surface area contributed by atoms with Crippen molar-refractivity contribution in [1.82, 2.24) is 0 Å². The number of hydrogen-bond acceptors (Lipinski definition) is 2. The molecule has 0 aliphatic heterocycles. The van der Waals surface area contributed by atoms with Gasteiger partial charge in [-0.1, -0.05) is 23.7 Å². The second-order valence-corrected chi connectivity index (χ2v) is 3.62. The monoisotopic (exact) mass is 227 g/mol. The van der Waals surface area contributed by atoms with Crippen molar-refractivity contribution in [3.05, 3.63) is 29.3 Å². The van der Waals surface area contributed by atoms with Crippen LogP contribution in [0.15, 0.2) is 24.3 Å². The molecule has 1 aromatic rings. The molecule has 0 radical (unpaired) electrons. The molecule has 82 valence electrons. The molecule has 0 heterocycles. The van der Waals surface area contributed by atoms with E-state index >= 15 is 0 Å². The van der Waals surface area contributed by atoms with E-state index in [-0.39, 0.29) is 12.5 Å². The number of benzene rings is 1. The van der Waals surface area contributed by atoms with E-state index in [9.17, 15) is 4.79 Å². The van der Waals surface area contributed by atoms with Crippen molar-refractivity contribution < 1.29 is 9.90 Å².